The molecular weight excluding hydrogens is 632 g/mol. The van der Waals surface area contributed by atoms with Gasteiger partial charge in [-0.25, -0.2) is 0 Å². The van der Waals surface area contributed by atoms with Crippen molar-refractivity contribution in [3.63, 3.8) is 0 Å². The molecule has 1 aliphatic rings. The van der Waals surface area contributed by atoms with Gasteiger partial charge in [0.05, 0.1) is 12.5 Å². The first-order valence-corrected chi connectivity index (χ1v) is 16.5. The predicted molar refractivity (Wildman–Crippen MR) is 181 cm³/mol. The molecule has 0 bridgehead atoms. The van der Waals surface area contributed by atoms with Gasteiger partial charge in [0.25, 0.3) is 0 Å². The van der Waals surface area contributed by atoms with Gasteiger partial charge in [-0.05, 0) is 54.9 Å². The SMILES string of the molecule is CC(C)C[C@H](NC(=O)C1(NC(=O)[C@H](Cc2ccccc2)NC(=O)[C@H](CC(=O)O)NC(=O)[C@@H](N)Cc2ccc(O)cc2)CCCCC1)C(N)=O. The zero-order valence-corrected chi connectivity index (χ0v) is 27.9. The molecule has 49 heavy (non-hydrogen) atoms. The van der Waals surface area contributed by atoms with Crippen LogP contribution in [0.3, 0.4) is 0 Å². The van der Waals surface area contributed by atoms with Crippen LogP contribution in [0.1, 0.15) is 69.9 Å². The summed E-state index contributed by atoms with van der Waals surface area (Å²) in [5, 5.41) is 29.7. The summed E-state index contributed by atoms with van der Waals surface area (Å²) in [5.74, 6) is -4.94. The molecule has 0 spiro atoms. The van der Waals surface area contributed by atoms with Crippen molar-refractivity contribution < 1.29 is 39.0 Å². The third-order valence-corrected chi connectivity index (χ3v) is 8.52. The Morgan fingerprint density at radius 2 is 1.35 bits per heavy atom. The molecule has 0 aliphatic heterocycles. The van der Waals surface area contributed by atoms with Crippen molar-refractivity contribution in [1.29, 1.82) is 0 Å². The minimum atomic E-state index is -1.58. The minimum Gasteiger partial charge on any atom is -0.508 e. The largest absolute Gasteiger partial charge is 0.508 e. The summed E-state index contributed by atoms with van der Waals surface area (Å²) in [6.45, 7) is 3.78. The van der Waals surface area contributed by atoms with Crippen LogP contribution in [0.15, 0.2) is 54.6 Å². The molecule has 10 N–H and O–H groups in total. The van der Waals surface area contributed by atoms with Crippen LogP contribution in [0.5, 0.6) is 5.75 Å². The number of aliphatic carboxylic acids is 1. The van der Waals surface area contributed by atoms with Crippen LogP contribution in [0.25, 0.3) is 0 Å². The van der Waals surface area contributed by atoms with E-state index in [0.29, 0.717) is 43.2 Å². The van der Waals surface area contributed by atoms with Gasteiger partial charge in [-0.2, -0.15) is 0 Å². The molecule has 5 amide bonds. The topological polar surface area (TPSA) is 243 Å². The molecule has 1 aliphatic carbocycles. The van der Waals surface area contributed by atoms with E-state index in [-0.39, 0.29) is 24.5 Å². The van der Waals surface area contributed by atoms with Gasteiger partial charge in [0.1, 0.15) is 29.4 Å². The lowest BCUT2D eigenvalue weighted by molar-refractivity contribution is -0.141. The number of carboxylic acid groups (broad SMARTS) is 1. The molecule has 3 rings (SSSR count). The van der Waals surface area contributed by atoms with Crippen LogP contribution in [-0.2, 0) is 41.6 Å². The number of hydrogen-bond donors (Lipinski definition) is 8. The number of hydrogen-bond acceptors (Lipinski definition) is 8. The number of phenols is 1. The average molecular weight is 681 g/mol. The molecule has 0 aromatic heterocycles. The fourth-order valence-corrected chi connectivity index (χ4v) is 5.87. The maximum absolute atomic E-state index is 14.0. The number of phenolic OH excluding ortho intramolecular Hbond substituents is 1. The number of primary amides is 1. The fraction of sp³-hybridized carbons (Fsp3) is 0.486. The lowest BCUT2D eigenvalue weighted by Gasteiger charge is -2.38. The van der Waals surface area contributed by atoms with E-state index in [1.54, 1.807) is 42.5 Å². The number of amides is 5. The lowest BCUT2D eigenvalue weighted by atomic mass is 9.80. The highest BCUT2D eigenvalue weighted by atomic mass is 16.4. The Morgan fingerprint density at radius 3 is 1.92 bits per heavy atom. The van der Waals surface area contributed by atoms with Crippen molar-refractivity contribution in [2.24, 2.45) is 17.4 Å². The van der Waals surface area contributed by atoms with E-state index in [9.17, 15) is 39.0 Å². The number of carbonyl (C=O) groups excluding carboxylic acids is 5. The second-order valence-electron chi connectivity index (χ2n) is 13.1. The molecule has 0 radical (unpaired) electrons. The molecule has 0 heterocycles. The van der Waals surface area contributed by atoms with Crippen molar-refractivity contribution in [2.45, 2.75) is 101 Å². The Labute approximate surface area is 285 Å². The molecule has 1 fully saturated rings. The molecule has 4 atom stereocenters. The van der Waals surface area contributed by atoms with Crippen LogP contribution in [0.2, 0.25) is 0 Å². The zero-order valence-electron chi connectivity index (χ0n) is 27.9. The second kappa shape index (κ2) is 18.0. The van der Waals surface area contributed by atoms with Gasteiger partial charge < -0.3 is 42.9 Å². The summed E-state index contributed by atoms with van der Waals surface area (Å²) in [6, 6.07) is 9.86. The molecule has 1 saturated carbocycles. The summed E-state index contributed by atoms with van der Waals surface area (Å²) in [6.07, 6.45) is 2.24. The van der Waals surface area contributed by atoms with Crippen LogP contribution < -0.4 is 32.7 Å². The summed E-state index contributed by atoms with van der Waals surface area (Å²) >= 11 is 0. The highest BCUT2D eigenvalue weighted by molar-refractivity contribution is 5.98. The van der Waals surface area contributed by atoms with E-state index in [1.807, 2.05) is 13.8 Å². The molecule has 266 valence electrons. The molecule has 0 saturated heterocycles. The van der Waals surface area contributed by atoms with Crippen molar-refractivity contribution in [1.82, 2.24) is 21.3 Å². The predicted octanol–water partition coefficient (Wildman–Crippen LogP) is 0.784. The molecular formula is C35H48N6O8. The van der Waals surface area contributed by atoms with Crippen molar-refractivity contribution in [3.8, 4) is 5.75 Å². The van der Waals surface area contributed by atoms with Crippen LogP contribution >= 0.6 is 0 Å². The average Bonchev–Trinajstić information content (AvgIpc) is 3.05. The van der Waals surface area contributed by atoms with Gasteiger partial charge in [0.15, 0.2) is 0 Å². The Balaban J connectivity index is 1.84. The first kappa shape index (κ1) is 38.5. The number of carbonyl (C=O) groups is 6. The van der Waals surface area contributed by atoms with Crippen molar-refractivity contribution in [2.75, 3.05) is 0 Å². The first-order valence-electron chi connectivity index (χ1n) is 16.5. The van der Waals surface area contributed by atoms with E-state index in [2.05, 4.69) is 21.3 Å². The van der Waals surface area contributed by atoms with Gasteiger partial charge >= 0.3 is 5.97 Å². The normalized spacial score (nSPS) is 16.3. The molecule has 2 aromatic carbocycles. The number of carboxylic acids is 1. The summed E-state index contributed by atoms with van der Waals surface area (Å²) in [7, 11) is 0. The van der Waals surface area contributed by atoms with E-state index in [1.165, 1.54) is 12.1 Å². The van der Waals surface area contributed by atoms with E-state index < -0.39 is 71.6 Å². The van der Waals surface area contributed by atoms with Crippen molar-refractivity contribution >= 4 is 35.5 Å². The number of benzene rings is 2. The highest BCUT2D eigenvalue weighted by Gasteiger charge is 2.43. The third kappa shape index (κ3) is 11.9. The molecule has 2 aromatic rings. The van der Waals surface area contributed by atoms with E-state index >= 15 is 0 Å². The van der Waals surface area contributed by atoms with Crippen LogP contribution in [-0.4, -0.2) is 75.4 Å². The minimum absolute atomic E-state index is 0.0124. The Morgan fingerprint density at radius 1 is 0.755 bits per heavy atom. The van der Waals surface area contributed by atoms with Crippen LogP contribution in [0.4, 0.5) is 0 Å². The maximum Gasteiger partial charge on any atom is 0.305 e. The van der Waals surface area contributed by atoms with Gasteiger partial charge in [0.2, 0.25) is 29.5 Å². The molecule has 14 nitrogen and oxygen atoms in total. The fourth-order valence-electron chi connectivity index (χ4n) is 5.87. The second-order valence-corrected chi connectivity index (χ2v) is 13.1. The van der Waals surface area contributed by atoms with Gasteiger partial charge in [-0.3, -0.25) is 28.8 Å². The molecule has 14 heteroatoms. The Kier molecular flexibility index (Phi) is 14.1. The Hall–Kier alpha value is -4.98. The smallest absolute Gasteiger partial charge is 0.305 e. The number of nitrogens with two attached hydrogens (primary N) is 2. The quantitative estimate of drug-likeness (QED) is 0.118. The number of aromatic hydroxyl groups is 1. The van der Waals surface area contributed by atoms with Gasteiger partial charge in [0, 0.05) is 6.42 Å². The number of nitrogens with one attached hydrogen (secondary N) is 4. The third-order valence-electron chi connectivity index (χ3n) is 8.52. The lowest BCUT2D eigenvalue weighted by Crippen LogP contribution is -2.65. The van der Waals surface area contributed by atoms with E-state index in [0.717, 1.165) is 6.42 Å². The highest BCUT2D eigenvalue weighted by Crippen LogP contribution is 2.29. The summed E-state index contributed by atoms with van der Waals surface area (Å²) in [5.41, 5.74) is 11.6. The van der Waals surface area contributed by atoms with Crippen LogP contribution in [0, 0.1) is 5.92 Å². The van der Waals surface area contributed by atoms with Crippen molar-refractivity contribution in [3.05, 3.63) is 65.7 Å². The standard InChI is InChI=1S/C35H48N6O8/c1-21(2)17-26(30(37)45)40-34(49)35(15-7-4-8-16-35)41-33(48)27(19-22-9-5-3-6-10-22)39-32(47)28(20-29(43)44)38-31(46)25(36)18-23-11-13-24(42)14-12-23/h3,5-6,9-14,21,25-28,42H,4,7-8,15-20,36H2,1-2H3,(H2,37,45)(H,38,46)(H,39,47)(H,40,49)(H,41,48)(H,43,44)/t25-,26-,27-,28-/m0/s1. The monoisotopic (exact) mass is 680 g/mol. The zero-order chi connectivity index (χ0) is 36.1. The van der Waals surface area contributed by atoms with Gasteiger partial charge in [-0.15, -0.1) is 0 Å². The summed E-state index contributed by atoms with van der Waals surface area (Å²) in [4.78, 5) is 78.3. The van der Waals surface area contributed by atoms with E-state index in [4.69, 9.17) is 11.5 Å². The maximum atomic E-state index is 14.0. The summed E-state index contributed by atoms with van der Waals surface area (Å²) < 4.78 is 0. The van der Waals surface area contributed by atoms with Gasteiger partial charge in [-0.1, -0.05) is 75.6 Å². The Bertz CT molecular complexity index is 1460. The number of rotatable bonds is 17. The molecule has 0 unspecified atom stereocenters. The first-order chi connectivity index (χ1) is 23.2.